The normalized spacial score (nSPS) is 15.2. The maximum atomic E-state index is 4.60. The lowest BCUT2D eigenvalue weighted by atomic mass is 10.2. The fourth-order valence-corrected chi connectivity index (χ4v) is 2.80. The molecule has 2 aromatic heterocycles. The van der Waals surface area contributed by atoms with Crippen LogP contribution in [0, 0.1) is 0 Å². The van der Waals surface area contributed by atoms with Crippen LogP contribution < -0.4 is 5.32 Å². The highest BCUT2D eigenvalue weighted by molar-refractivity contribution is 7.16. The van der Waals surface area contributed by atoms with Crippen molar-refractivity contribution in [2.45, 2.75) is 25.4 Å². The number of hydrogen-bond acceptors (Lipinski definition) is 5. The maximum Gasteiger partial charge on any atom is 0.235 e. The molecule has 0 unspecified atom stereocenters. The topological polar surface area (TPSA) is 55.1 Å². The lowest BCUT2D eigenvalue weighted by Crippen LogP contribution is -2.15. The Morgan fingerprint density at radius 1 is 1.21 bits per heavy atom. The van der Waals surface area contributed by atoms with Gasteiger partial charge in [0.05, 0.1) is 0 Å². The second-order valence-electron chi connectivity index (χ2n) is 4.73. The summed E-state index contributed by atoms with van der Waals surface area (Å²) in [6, 6.07) is 10.7. The summed E-state index contributed by atoms with van der Waals surface area (Å²) in [5.74, 6) is 0.810. The van der Waals surface area contributed by atoms with Gasteiger partial charge in [0.25, 0.3) is 0 Å². The van der Waals surface area contributed by atoms with Gasteiger partial charge in [-0.2, -0.15) is 9.61 Å². The highest BCUT2D eigenvalue weighted by Crippen LogP contribution is 2.23. The van der Waals surface area contributed by atoms with E-state index in [4.69, 9.17) is 0 Å². The van der Waals surface area contributed by atoms with Crippen molar-refractivity contribution in [3.8, 4) is 11.4 Å². The van der Waals surface area contributed by atoms with Gasteiger partial charge in [-0.15, -0.1) is 10.2 Å². The van der Waals surface area contributed by atoms with Crippen LogP contribution in [0.15, 0.2) is 30.3 Å². The number of hydrogen-bond donors (Lipinski definition) is 1. The third-order valence-electron chi connectivity index (χ3n) is 3.18. The number of fused-ring (bicyclic) bond motifs is 1. The highest BCUT2D eigenvalue weighted by atomic mass is 32.1. The molecule has 0 spiro atoms. The molecule has 1 aliphatic carbocycles. The van der Waals surface area contributed by atoms with Crippen LogP contribution in [0.25, 0.3) is 16.3 Å². The third kappa shape index (κ3) is 2.13. The summed E-state index contributed by atoms with van der Waals surface area (Å²) in [7, 11) is 0. The molecule has 1 aliphatic rings. The Morgan fingerprint density at radius 3 is 2.84 bits per heavy atom. The van der Waals surface area contributed by atoms with Gasteiger partial charge in [-0.25, -0.2) is 0 Å². The Labute approximate surface area is 114 Å². The van der Waals surface area contributed by atoms with Crippen molar-refractivity contribution < 1.29 is 0 Å². The maximum absolute atomic E-state index is 4.60. The van der Waals surface area contributed by atoms with E-state index in [9.17, 15) is 0 Å². The Kier molecular flexibility index (Phi) is 2.56. The van der Waals surface area contributed by atoms with Gasteiger partial charge in [0.2, 0.25) is 4.96 Å². The Hall–Kier alpha value is -1.79. The highest BCUT2D eigenvalue weighted by Gasteiger charge is 2.21. The summed E-state index contributed by atoms with van der Waals surface area (Å²) >= 11 is 1.60. The molecule has 0 bridgehead atoms. The number of nitrogens with one attached hydrogen (secondary N) is 1. The zero-order valence-electron chi connectivity index (χ0n) is 10.3. The van der Waals surface area contributed by atoms with Crippen molar-refractivity contribution in [3.63, 3.8) is 0 Å². The van der Waals surface area contributed by atoms with Crippen LogP contribution >= 0.6 is 11.3 Å². The molecule has 2 heterocycles. The summed E-state index contributed by atoms with van der Waals surface area (Å²) in [5.41, 5.74) is 1.04. The number of rotatable bonds is 4. The van der Waals surface area contributed by atoms with E-state index >= 15 is 0 Å². The quantitative estimate of drug-likeness (QED) is 0.789. The van der Waals surface area contributed by atoms with Crippen molar-refractivity contribution in [2.24, 2.45) is 0 Å². The fourth-order valence-electron chi connectivity index (χ4n) is 2.01. The van der Waals surface area contributed by atoms with Gasteiger partial charge in [-0.05, 0) is 12.8 Å². The molecule has 4 rings (SSSR count). The minimum Gasteiger partial charge on any atom is -0.308 e. The zero-order chi connectivity index (χ0) is 12.7. The predicted molar refractivity (Wildman–Crippen MR) is 74.0 cm³/mol. The summed E-state index contributed by atoms with van der Waals surface area (Å²) in [5, 5.41) is 17.5. The van der Waals surface area contributed by atoms with Crippen LogP contribution in [0.1, 0.15) is 17.8 Å². The summed E-state index contributed by atoms with van der Waals surface area (Å²) in [6.07, 6.45) is 2.58. The van der Waals surface area contributed by atoms with Gasteiger partial charge in [0, 0.05) is 18.2 Å². The molecular formula is C13H13N5S. The van der Waals surface area contributed by atoms with Crippen molar-refractivity contribution >= 4 is 16.3 Å². The van der Waals surface area contributed by atoms with Crippen LogP contribution in [-0.4, -0.2) is 25.9 Å². The first-order valence-corrected chi connectivity index (χ1v) is 7.22. The molecule has 3 aromatic rings. The largest absolute Gasteiger partial charge is 0.308 e. The molecule has 0 saturated heterocycles. The molecule has 0 amide bonds. The van der Waals surface area contributed by atoms with E-state index in [2.05, 4.69) is 20.6 Å². The molecule has 1 saturated carbocycles. The molecule has 19 heavy (non-hydrogen) atoms. The van der Waals surface area contributed by atoms with Crippen LogP contribution in [0.5, 0.6) is 0 Å². The zero-order valence-corrected chi connectivity index (χ0v) is 11.1. The first kappa shape index (κ1) is 11.1. The smallest absolute Gasteiger partial charge is 0.235 e. The van der Waals surface area contributed by atoms with Crippen molar-refractivity contribution in [1.29, 1.82) is 0 Å². The lowest BCUT2D eigenvalue weighted by Gasteiger charge is -1.97. The molecule has 1 N–H and O–H groups in total. The van der Waals surface area contributed by atoms with Gasteiger partial charge >= 0.3 is 0 Å². The minimum absolute atomic E-state index is 0.697. The summed E-state index contributed by atoms with van der Waals surface area (Å²) < 4.78 is 1.84. The van der Waals surface area contributed by atoms with Crippen LogP contribution in [0.4, 0.5) is 0 Å². The van der Waals surface area contributed by atoms with Crippen molar-refractivity contribution in [3.05, 3.63) is 35.3 Å². The molecule has 0 atom stereocenters. The number of benzene rings is 1. The molecule has 96 valence electrons. The Balaban J connectivity index is 1.67. The molecule has 5 nitrogen and oxygen atoms in total. The Bertz CT molecular complexity index is 698. The lowest BCUT2D eigenvalue weighted by molar-refractivity contribution is 0.675. The standard InChI is InChI=1S/C13H13N5S/c1-2-4-9(5-3-1)12-15-16-13-18(12)17-11(19-13)8-14-10-6-7-10/h1-5,10,14H,6-8H2. The molecule has 1 aromatic carbocycles. The average Bonchev–Trinajstić information content (AvgIpc) is 3.06. The van der Waals surface area contributed by atoms with Crippen LogP contribution in [-0.2, 0) is 6.54 Å². The van der Waals surface area contributed by atoms with E-state index in [1.807, 2.05) is 34.8 Å². The molecule has 1 fully saturated rings. The number of nitrogens with zero attached hydrogens (tertiary/aromatic N) is 4. The molecular weight excluding hydrogens is 258 g/mol. The monoisotopic (exact) mass is 271 g/mol. The van der Waals surface area contributed by atoms with E-state index in [-0.39, 0.29) is 0 Å². The van der Waals surface area contributed by atoms with Crippen molar-refractivity contribution in [1.82, 2.24) is 25.1 Å². The van der Waals surface area contributed by atoms with E-state index in [1.165, 1.54) is 12.8 Å². The molecule has 0 aliphatic heterocycles. The first-order chi connectivity index (χ1) is 9.40. The minimum atomic E-state index is 0.697. The van der Waals surface area contributed by atoms with Gasteiger partial charge in [-0.1, -0.05) is 41.7 Å². The van der Waals surface area contributed by atoms with E-state index < -0.39 is 0 Å². The molecule has 0 radical (unpaired) electrons. The third-order valence-corrected chi connectivity index (χ3v) is 4.08. The SMILES string of the molecule is c1ccc(-c2nnc3sc(CNC4CC4)nn23)cc1. The van der Waals surface area contributed by atoms with E-state index in [0.29, 0.717) is 6.04 Å². The molecule has 6 heteroatoms. The predicted octanol–water partition coefficient (Wildman–Crippen LogP) is 2.10. The summed E-state index contributed by atoms with van der Waals surface area (Å²) in [4.78, 5) is 0.853. The van der Waals surface area contributed by atoms with Crippen molar-refractivity contribution in [2.75, 3.05) is 0 Å². The van der Waals surface area contributed by atoms with Gasteiger partial charge in [0.1, 0.15) is 5.01 Å². The average molecular weight is 271 g/mol. The van der Waals surface area contributed by atoms with Crippen LogP contribution in [0.2, 0.25) is 0 Å². The second-order valence-corrected chi connectivity index (χ2v) is 5.78. The first-order valence-electron chi connectivity index (χ1n) is 6.40. The van der Waals surface area contributed by atoms with E-state index in [1.54, 1.807) is 11.3 Å². The number of aromatic nitrogens is 4. The van der Waals surface area contributed by atoms with Crippen LogP contribution in [0.3, 0.4) is 0 Å². The van der Waals surface area contributed by atoms with Gasteiger partial charge in [-0.3, -0.25) is 0 Å². The fraction of sp³-hybridized carbons (Fsp3) is 0.308. The van der Waals surface area contributed by atoms with E-state index in [0.717, 1.165) is 27.9 Å². The summed E-state index contributed by atoms with van der Waals surface area (Å²) in [6.45, 7) is 0.826. The Morgan fingerprint density at radius 2 is 2.05 bits per heavy atom. The van der Waals surface area contributed by atoms with Gasteiger partial charge in [0.15, 0.2) is 5.82 Å². The second kappa shape index (κ2) is 4.40. The van der Waals surface area contributed by atoms with Gasteiger partial charge < -0.3 is 5.32 Å².